The number of hydrogen-bond donors (Lipinski definition) is 0. The van der Waals surface area contributed by atoms with E-state index in [1.54, 1.807) is 12.4 Å². The van der Waals surface area contributed by atoms with E-state index in [1.165, 1.54) is 30.6 Å². The van der Waals surface area contributed by atoms with Crippen LogP contribution in [-0.4, -0.2) is 21.9 Å². The second-order valence-electron chi connectivity index (χ2n) is 5.37. The maximum Gasteiger partial charge on any atom is 0.235 e. The quantitative estimate of drug-likeness (QED) is 0.869. The normalized spacial score (nSPS) is 15.8. The summed E-state index contributed by atoms with van der Waals surface area (Å²) in [5, 5.41) is 2.75. The van der Waals surface area contributed by atoms with Crippen LogP contribution in [0.4, 0.5) is 5.13 Å². The average Bonchev–Trinajstić information content (AvgIpc) is 3.03. The standard InChI is InChI=1S/C16H19N3OS/c20-15(12-13-6-4-5-9-17-13)19(16-18-10-11-21-16)14-7-2-1-3-8-14/h4-6,9-11,14H,1-3,7-8,12H2. The van der Waals surface area contributed by atoms with Gasteiger partial charge in [-0.2, -0.15) is 0 Å². The first-order valence-electron chi connectivity index (χ1n) is 7.46. The summed E-state index contributed by atoms with van der Waals surface area (Å²) in [6.45, 7) is 0. The summed E-state index contributed by atoms with van der Waals surface area (Å²) in [7, 11) is 0. The summed E-state index contributed by atoms with van der Waals surface area (Å²) in [4.78, 5) is 23.3. The summed E-state index contributed by atoms with van der Waals surface area (Å²) in [5.74, 6) is 0.107. The molecular weight excluding hydrogens is 282 g/mol. The van der Waals surface area contributed by atoms with Gasteiger partial charge >= 0.3 is 0 Å². The van der Waals surface area contributed by atoms with Crippen LogP contribution in [0.1, 0.15) is 37.8 Å². The molecule has 3 rings (SSSR count). The van der Waals surface area contributed by atoms with Crippen LogP contribution in [0.5, 0.6) is 0 Å². The summed E-state index contributed by atoms with van der Waals surface area (Å²) >= 11 is 1.54. The van der Waals surface area contributed by atoms with Gasteiger partial charge in [0.25, 0.3) is 0 Å². The molecule has 2 aromatic heterocycles. The van der Waals surface area contributed by atoms with Crippen molar-refractivity contribution in [1.29, 1.82) is 0 Å². The molecule has 110 valence electrons. The van der Waals surface area contributed by atoms with Gasteiger partial charge in [0.15, 0.2) is 5.13 Å². The Morgan fingerprint density at radius 2 is 2.05 bits per heavy atom. The minimum absolute atomic E-state index is 0.107. The number of amides is 1. The Bertz CT molecular complexity index is 564. The minimum Gasteiger partial charge on any atom is -0.285 e. The van der Waals surface area contributed by atoms with Crippen molar-refractivity contribution in [2.24, 2.45) is 0 Å². The number of nitrogens with zero attached hydrogens (tertiary/aromatic N) is 3. The molecular formula is C16H19N3OS. The van der Waals surface area contributed by atoms with Gasteiger partial charge in [0, 0.05) is 29.5 Å². The molecule has 2 aromatic rings. The average molecular weight is 301 g/mol. The molecule has 0 spiro atoms. The summed E-state index contributed by atoms with van der Waals surface area (Å²) < 4.78 is 0. The molecule has 1 saturated carbocycles. The third kappa shape index (κ3) is 3.47. The van der Waals surface area contributed by atoms with E-state index in [9.17, 15) is 4.79 Å². The van der Waals surface area contributed by atoms with Crippen LogP contribution < -0.4 is 4.90 Å². The highest BCUT2D eigenvalue weighted by molar-refractivity contribution is 7.13. The lowest BCUT2D eigenvalue weighted by Gasteiger charge is -2.32. The molecule has 0 atom stereocenters. The molecule has 0 N–H and O–H groups in total. The maximum atomic E-state index is 12.8. The van der Waals surface area contributed by atoms with Crippen LogP contribution in [0, 0.1) is 0 Å². The third-order valence-corrected chi connectivity index (χ3v) is 4.66. The molecule has 5 heteroatoms. The Balaban J connectivity index is 1.79. The van der Waals surface area contributed by atoms with E-state index < -0.39 is 0 Å². The second-order valence-corrected chi connectivity index (χ2v) is 6.24. The Morgan fingerprint density at radius 1 is 1.19 bits per heavy atom. The number of thiazole rings is 1. The lowest BCUT2D eigenvalue weighted by Crippen LogP contribution is -2.42. The number of carbonyl (C=O) groups excluding carboxylic acids is 1. The fraction of sp³-hybridized carbons (Fsp3) is 0.438. The summed E-state index contributed by atoms with van der Waals surface area (Å²) in [6.07, 6.45) is 9.67. The van der Waals surface area contributed by atoms with Gasteiger partial charge in [0.05, 0.1) is 6.42 Å². The van der Waals surface area contributed by atoms with E-state index in [4.69, 9.17) is 0 Å². The van der Waals surface area contributed by atoms with Crippen molar-refractivity contribution in [3.05, 3.63) is 41.7 Å². The van der Waals surface area contributed by atoms with Crippen molar-refractivity contribution in [2.45, 2.75) is 44.6 Å². The van der Waals surface area contributed by atoms with Crippen LogP contribution in [0.2, 0.25) is 0 Å². The lowest BCUT2D eigenvalue weighted by molar-refractivity contribution is -0.118. The predicted octanol–water partition coefficient (Wildman–Crippen LogP) is 3.45. The fourth-order valence-corrected chi connectivity index (χ4v) is 3.61. The van der Waals surface area contributed by atoms with Crippen molar-refractivity contribution in [3.8, 4) is 0 Å². The molecule has 1 amide bonds. The number of pyridine rings is 1. The smallest absolute Gasteiger partial charge is 0.235 e. The highest BCUT2D eigenvalue weighted by Gasteiger charge is 2.28. The van der Waals surface area contributed by atoms with Crippen molar-refractivity contribution >= 4 is 22.4 Å². The van der Waals surface area contributed by atoms with Crippen LogP contribution in [0.25, 0.3) is 0 Å². The number of hydrogen-bond acceptors (Lipinski definition) is 4. The topological polar surface area (TPSA) is 46.1 Å². The molecule has 0 saturated heterocycles. The second kappa shape index (κ2) is 6.80. The minimum atomic E-state index is 0.107. The highest BCUT2D eigenvalue weighted by atomic mass is 32.1. The zero-order valence-corrected chi connectivity index (χ0v) is 12.8. The Labute approximate surface area is 128 Å². The van der Waals surface area contributed by atoms with E-state index in [2.05, 4.69) is 9.97 Å². The number of rotatable bonds is 4. The van der Waals surface area contributed by atoms with Gasteiger partial charge in [-0.1, -0.05) is 25.3 Å². The van der Waals surface area contributed by atoms with E-state index in [0.29, 0.717) is 12.5 Å². The molecule has 0 radical (unpaired) electrons. The van der Waals surface area contributed by atoms with E-state index >= 15 is 0 Å². The summed E-state index contributed by atoms with van der Waals surface area (Å²) in [5.41, 5.74) is 0.819. The van der Waals surface area contributed by atoms with Gasteiger partial charge in [0.1, 0.15) is 0 Å². The predicted molar refractivity (Wildman–Crippen MR) is 84.4 cm³/mol. The molecule has 1 fully saturated rings. The van der Waals surface area contributed by atoms with Gasteiger partial charge in [-0.05, 0) is 25.0 Å². The first kappa shape index (κ1) is 14.2. The number of carbonyl (C=O) groups is 1. The van der Waals surface area contributed by atoms with Crippen molar-refractivity contribution in [2.75, 3.05) is 4.90 Å². The van der Waals surface area contributed by atoms with Crippen LogP contribution >= 0.6 is 11.3 Å². The molecule has 1 aliphatic carbocycles. The Hall–Kier alpha value is -1.75. The van der Waals surface area contributed by atoms with Crippen LogP contribution in [-0.2, 0) is 11.2 Å². The van der Waals surface area contributed by atoms with E-state index in [-0.39, 0.29) is 5.91 Å². The lowest BCUT2D eigenvalue weighted by atomic mass is 9.94. The van der Waals surface area contributed by atoms with Crippen LogP contribution in [0.3, 0.4) is 0 Å². The Morgan fingerprint density at radius 3 is 2.71 bits per heavy atom. The van der Waals surface area contributed by atoms with Gasteiger partial charge in [-0.15, -0.1) is 11.3 Å². The van der Waals surface area contributed by atoms with Gasteiger partial charge in [0.2, 0.25) is 5.91 Å². The molecule has 0 aliphatic heterocycles. The SMILES string of the molecule is O=C(Cc1ccccn1)N(c1nccs1)C1CCCCC1. The summed E-state index contributed by atoms with van der Waals surface area (Å²) in [6, 6.07) is 5.98. The molecule has 2 heterocycles. The van der Waals surface area contributed by atoms with Gasteiger partial charge in [-0.3, -0.25) is 14.7 Å². The van der Waals surface area contributed by atoms with Crippen molar-refractivity contribution in [3.63, 3.8) is 0 Å². The van der Waals surface area contributed by atoms with Crippen LogP contribution in [0.15, 0.2) is 36.0 Å². The third-order valence-electron chi connectivity index (χ3n) is 3.89. The van der Waals surface area contributed by atoms with Gasteiger partial charge < -0.3 is 0 Å². The first-order valence-corrected chi connectivity index (χ1v) is 8.34. The van der Waals surface area contributed by atoms with Crippen molar-refractivity contribution in [1.82, 2.24) is 9.97 Å². The fourth-order valence-electron chi connectivity index (χ4n) is 2.88. The molecule has 21 heavy (non-hydrogen) atoms. The van der Waals surface area contributed by atoms with Crippen molar-refractivity contribution < 1.29 is 4.79 Å². The monoisotopic (exact) mass is 301 g/mol. The number of anilines is 1. The first-order chi connectivity index (χ1) is 10.3. The molecule has 0 unspecified atom stereocenters. The molecule has 1 aliphatic rings. The van der Waals surface area contributed by atoms with E-state index in [0.717, 1.165) is 23.7 Å². The number of aromatic nitrogens is 2. The largest absolute Gasteiger partial charge is 0.285 e. The zero-order valence-electron chi connectivity index (χ0n) is 11.9. The zero-order chi connectivity index (χ0) is 14.5. The highest BCUT2D eigenvalue weighted by Crippen LogP contribution is 2.29. The van der Waals surface area contributed by atoms with Gasteiger partial charge in [-0.25, -0.2) is 4.98 Å². The Kier molecular flexibility index (Phi) is 4.60. The molecule has 0 aromatic carbocycles. The van der Waals surface area contributed by atoms with E-state index in [1.807, 2.05) is 28.5 Å². The molecule has 0 bridgehead atoms. The maximum absolute atomic E-state index is 12.8. The molecule has 4 nitrogen and oxygen atoms in total.